The van der Waals surface area contributed by atoms with Crippen LogP contribution < -0.4 is 5.32 Å². The van der Waals surface area contributed by atoms with Crippen LogP contribution >= 0.6 is 0 Å². The summed E-state index contributed by atoms with van der Waals surface area (Å²) in [6, 6.07) is 12.5. The molecule has 9 heteroatoms. The number of fused-ring (bicyclic) bond motifs is 6. The fraction of sp³-hybridized carbons (Fsp3) is 0.310. The second-order valence-electron chi connectivity index (χ2n) is 10.7. The molecular weight excluding hydrogens is 484 g/mol. The van der Waals surface area contributed by atoms with Crippen LogP contribution in [0.4, 0.5) is 10.5 Å². The van der Waals surface area contributed by atoms with E-state index in [1.165, 1.54) is 18.0 Å². The maximum absolute atomic E-state index is 13.1. The van der Waals surface area contributed by atoms with Crippen molar-refractivity contribution >= 4 is 40.4 Å². The highest BCUT2D eigenvalue weighted by atomic mass is 16.6. The van der Waals surface area contributed by atoms with Crippen LogP contribution in [0.5, 0.6) is 0 Å². The molecule has 2 bridgehead atoms. The lowest BCUT2D eigenvalue weighted by atomic mass is 9.89. The molecule has 3 heterocycles. The van der Waals surface area contributed by atoms with Crippen LogP contribution in [0.3, 0.4) is 0 Å². The summed E-state index contributed by atoms with van der Waals surface area (Å²) in [6.07, 6.45) is 1.21. The van der Waals surface area contributed by atoms with E-state index in [4.69, 9.17) is 4.74 Å². The molecule has 5 rings (SSSR count). The van der Waals surface area contributed by atoms with Gasteiger partial charge in [-0.2, -0.15) is 0 Å². The van der Waals surface area contributed by atoms with Crippen LogP contribution in [0.25, 0.3) is 10.9 Å². The van der Waals surface area contributed by atoms with E-state index in [1.54, 1.807) is 23.1 Å². The molecule has 4 amide bonds. The molecule has 196 valence electrons. The third-order valence-electron chi connectivity index (χ3n) is 6.88. The first-order valence-electron chi connectivity index (χ1n) is 12.4. The number of carbonyl (C=O) groups is 4. The number of likely N-dealkylation sites (N-methyl/N-ethyl adjacent to an activating group) is 1. The van der Waals surface area contributed by atoms with Crippen LogP contribution in [-0.4, -0.2) is 57.4 Å². The van der Waals surface area contributed by atoms with Gasteiger partial charge < -0.3 is 19.5 Å². The second kappa shape index (κ2) is 9.16. The van der Waals surface area contributed by atoms with Gasteiger partial charge in [0.1, 0.15) is 5.60 Å². The average molecular weight is 515 g/mol. The Hall–Kier alpha value is -4.40. The molecular formula is C29H30N4O5. The van der Waals surface area contributed by atoms with Gasteiger partial charge >= 0.3 is 12.0 Å². The molecule has 1 N–H and O–H groups in total. The first-order chi connectivity index (χ1) is 18.0. The molecule has 38 heavy (non-hydrogen) atoms. The number of anilines is 1. The normalized spacial score (nSPS) is 16.9. The second-order valence-corrected chi connectivity index (χ2v) is 10.7. The number of aromatic nitrogens is 1. The highest BCUT2D eigenvalue weighted by Crippen LogP contribution is 2.41. The van der Waals surface area contributed by atoms with Gasteiger partial charge in [0.05, 0.1) is 23.5 Å². The summed E-state index contributed by atoms with van der Waals surface area (Å²) in [4.78, 5) is 53.2. The summed E-state index contributed by atoms with van der Waals surface area (Å²) >= 11 is 0. The molecule has 1 saturated heterocycles. The van der Waals surface area contributed by atoms with E-state index < -0.39 is 17.5 Å². The first kappa shape index (κ1) is 25.3. The number of rotatable bonds is 5. The number of hydrogen-bond donors (Lipinski definition) is 1. The Bertz CT molecular complexity index is 1500. The average Bonchev–Trinajstić information content (AvgIpc) is 3.18. The van der Waals surface area contributed by atoms with E-state index in [0.29, 0.717) is 30.9 Å². The number of hydrogen-bond acceptors (Lipinski definition) is 5. The van der Waals surface area contributed by atoms with Crippen molar-refractivity contribution in [1.29, 1.82) is 0 Å². The van der Waals surface area contributed by atoms with Crippen LogP contribution in [-0.2, 0) is 27.4 Å². The lowest BCUT2D eigenvalue weighted by Crippen LogP contribution is -2.56. The van der Waals surface area contributed by atoms with Gasteiger partial charge in [0, 0.05) is 36.9 Å². The van der Waals surface area contributed by atoms with E-state index >= 15 is 0 Å². The van der Waals surface area contributed by atoms with E-state index in [2.05, 4.69) is 16.5 Å². The minimum atomic E-state index is -0.589. The van der Waals surface area contributed by atoms with Gasteiger partial charge in [-0.25, -0.2) is 9.59 Å². The Balaban J connectivity index is 1.58. The van der Waals surface area contributed by atoms with Crippen LogP contribution in [0.1, 0.15) is 53.9 Å². The molecule has 1 atom stereocenters. The van der Waals surface area contributed by atoms with Crippen molar-refractivity contribution in [3.05, 3.63) is 77.5 Å². The summed E-state index contributed by atoms with van der Waals surface area (Å²) in [5.41, 5.74) is 4.03. The quantitative estimate of drug-likeness (QED) is 0.405. The number of imide groups is 1. The van der Waals surface area contributed by atoms with Crippen molar-refractivity contribution < 1.29 is 23.9 Å². The zero-order chi connectivity index (χ0) is 27.4. The first-order valence-corrected chi connectivity index (χ1v) is 12.4. The van der Waals surface area contributed by atoms with Crippen molar-refractivity contribution in [2.45, 2.75) is 45.4 Å². The molecule has 1 fully saturated rings. The van der Waals surface area contributed by atoms with Crippen molar-refractivity contribution in [2.75, 3.05) is 18.9 Å². The van der Waals surface area contributed by atoms with Gasteiger partial charge in [0.25, 0.3) is 0 Å². The molecule has 9 nitrogen and oxygen atoms in total. The van der Waals surface area contributed by atoms with Crippen LogP contribution in [0.15, 0.2) is 55.1 Å². The predicted molar refractivity (Wildman–Crippen MR) is 143 cm³/mol. The largest absolute Gasteiger partial charge is 0.456 e. The summed E-state index contributed by atoms with van der Waals surface area (Å²) in [6.45, 7) is 10.1. The van der Waals surface area contributed by atoms with E-state index in [-0.39, 0.29) is 17.8 Å². The van der Waals surface area contributed by atoms with E-state index in [9.17, 15) is 19.2 Å². The molecule has 2 aliphatic rings. The monoisotopic (exact) mass is 514 g/mol. The van der Waals surface area contributed by atoms with Crippen LogP contribution in [0, 0.1) is 0 Å². The summed E-state index contributed by atoms with van der Waals surface area (Å²) in [5, 5.41) is 3.71. The topological polar surface area (TPSA) is 101 Å². The molecule has 0 saturated carbocycles. The number of amides is 4. The Kier molecular flexibility index (Phi) is 6.09. The van der Waals surface area contributed by atoms with Crippen molar-refractivity contribution in [3.63, 3.8) is 0 Å². The fourth-order valence-electron chi connectivity index (χ4n) is 5.15. The molecule has 0 spiro atoms. The third kappa shape index (κ3) is 4.44. The Labute approximate surface area is 220 Å². The van der Waals surface area contributed by atoms with Gasteiger partial charge in [0.2, 0.25) is 11.8 Å². The summed E-state index contributed by atoms with van der Waals surface area (Å²) in [7, 11) is 1.52. The SMILES string of the molecule is C=CC(=O)Nc1ccc2c3c(n(Cc4ccc(C(=O)OC(C)(C)C)cc4)c2c1)CN1CC3C(=O)N(C)C1=O. The molecule has 2 aliphatic heterocycles. The molecule has 1 aromatic heterocycles. The standard InChI is InChI=1S/C29H30N4O5/c1-6-24(34)30-19-11-12-20-22(13-19)33(14-17-7-9-18(10-8-17)27(36)38-29(2,3)4)23-16-32-15-21(25(20)23)26(35)31(5)28(32)37/h6-13,21H,1,14-16H2,2-5H3,(H,30,34). The van der Waals surface area contributed by atoms with Gasteiger partial charge in [-0.05, 0) is 62.2 Å². The van der Waals surface area contributed by atoms with Crippen molar-refractivity contribution in [1.82, 2.24) is 14.4 Å². The Morgan fingerprint density at radius 2 is 1.84 bits per heavy atom. The molecule has 2 aromatic carbocycles. The predicted octanol–water partition coefficient (Wildman–Crippen LogP) is 4.26. The number of nitrogens with zero attached hydrogens (tertiary/aromatic N) is 3. The molecule has 0 aliphatic carbocycles. The zero-order valence-electron chi connectivity index (χ0n) is 21.9. The van der Waals surface area contributed by atoms with Gasteiger partial charge in [-0.15, -0.1) is 0 Å². The fourth-order valence-corrected chi connectivity index (χ4v) is 5.15. The highest BCUT2D eigenvalue weighted by molar-refractivity contribution is 6.05. The number of carbonyl (C=O) groups excluding carboxylic acids is 4. The summed E-state index contributed by atoms with van der Waals surface area (Å²) < 4.78 is 7.55. The number of benzene rings is 2. The minimum absolute atomic E-state index is 0.225. The maximum Gasteiger partial charge on any atom is 0.338 e. The number of ether oxygens (including phenoxy) is 1. The zero-order valence-corrected chi connectivity index (χ0v) is 21.9. The third-order valence-corrected chi connectivity index (χ3v) is 6.88. The number of esters is 1. The minimum Gasteiger partial charge on any atom is -0.456 e. The smallest absolute Gasteiger partial charge is 0.338 e. The molecule has 3 aromatic rings. The number of nitrogens with one attached hydrogen (secondary N) is 1. The lowest BCUT2D eigenvalue weighted by molar-refractivity contribution is -0.132. The Morgan fingerprint density at radius 3 is 2.50 bits per heavy atom. The molecule has 1 unspecified atom stereocenters. The molecule has 0 radical (unpaired) electrons. The van der Waals surface area contributed by atoms with Crippen molar-refractivity contribution in [2.24, 2.45) is 0 Å². The lowest BCUT2D eigenvalue weighted by Gasteiger charge is -2.41. The van der Waals surface area contributed by atoms with Gasteiger partial charge in [-0.3, -0.25) is 14.5 Å². The summed E-state index contributed by atoms with van der Waals surface area (Å²) in [5.74, 6) is -1.41. The van der Waals surface area contributed by atoms with E-state index in [1.807, 2.05) is 45.0 Å². The van der Waals surface area contributed by atoms with E-state index in [0.717, 1.165) is 27.7 Å². The van der Waals surface area contributed by atoms with Crippen LogP contribution in [0.2, 0.25) is 0 Å². The maximum atomic E-state index is 13.1. The van der Waals surface area contributed by atoms with Gasteiger partial charge in [-0.1, -0.05) is 24.8 Å². The van der Waals surface area contributed by atoms with Crippen molar-refractivity contribution in [3.8, 4) is 0 Å². The Morgan fingerprint density at radius 1 is 1.13 bits per heavy atom. The van der Waals surface area contributed by atoms with Gasteiger partial charge in [0.15, 0.2) is 0 Å². The number of urea groups is 1. The highest BCUT2D eigenvalue weighted by Gasteiger charge is 2.44.